The summed E-state index contributed by atoms with van der Waals surface area (Å²) in [6.07, 6.45) is 2.70. The Morgan fingerprint density at radius 3 is 2.57 bits per heavy atom. The Balaban J connectivity index is 1.48. The van der Waals surface area contributed by atoms with Crippen molar-refractivity contribution in [2.24, 2.45) is 0 Å². The summed E-state index contributed by atoms with van der Waals surface area (Å²) < 4.78 is 30.6. The number of thioether (sulfide) groups is 1. The Morgan fingerprint density at radius 2 is 1.93 bits per heavy atom. The predicted molar refractivity (Wildman–Crippen MR) is 108 cm³/mol. The number of amides is 1. The van der Waals surface area contributed by atoms with Crippen molar-refractivity contribution in [2.45, 2.75) is 55.6 Å². The zero-order valence-corrected chi connectivity index (χ0v) is 17.3. The van der Waals surface area contributed by atoms with Crippen molar-refractivity contribution >= 4 is 23.4 Å². The lowest BCUT2D eigenvalue weighted by Gasteiger charge is -2.38. The molecule has 2 heterocycles. The van der Waals surface area contributed by atoms with Crippen LogP contribution in [0.5, 0.6) is 0 Å². The highest BCUT2D eigenvalue weighted by Gasteiger charge is 2.30. The van der Waals surface area contributed by atoms with Gasteiger partial charge in [-0.05, 0) is 57.5 Å². The van der Waals surface area contributed by atoms with E-state index < -0.39 is 5.76 Å². The number of morpholine rings is 1. The molecule has 2 saturated heterocycles. The number of ether oxygens (including phenoxy) is 1. The van der Waals surface area contributed by atoms with Crippen LogP contribution in [-0.2, 0) is 9.53 Å². The van der Waals surface area contributed by atoms with E-state index in [1.54, 1.807) is 24.3 Å². The second-order valence-corrected chi connectivity index (χ2v) is 8.76. The fraction of sp³-hybridized carbons (Fsp3) is 0.650. The van der Waals surface area contributed by atoms with E-state index in [2.05, 4.69) is 29.0 Å². The van der Waals surface area contributed by atoms with Crippen LogP contribution in [0.2, 0.25) is 0 Å². The number of nitrogens with one attached hydrogen (secondary N) is 1. The normalized spacial score (nSPS) is 26.7. The fourth-order valence-electron chi connectivity index (χ4n) is 4.15. The van der Waals surface area contributed by atoms with Gasteiger partial charge in [0.25, 0.3) is 5.76 Å². The molecule has 3 unspecified atom stereocenters. The smallest absolute Gasteiger partial charge is 0.288 e. The molecular formula is C20H29F2N3O2S. The van der Waals surface area contributed by atoms with Gasteiger partial charge >= 0.3 is 0 Å². The molecule has 0 aliphatic carbocycles. The zero-order chi connectivity index (χ0) is 20.1. The molecule has 156 valence electrons. The molecule has 3 atom stereocenters. The molecule has 0 spiro atoms. The van der Waals surface area contributed by atoms with E-state index in [9.17, 15) is 13.6 Å². The molecule has 28 heavy (non-hydrogen) atoms. The first kappa shape index (κ1) is 21.5. The van der Waals surface area contributed by atoms with E-state index >= 15 is 0 Å². The number of hydrogen-bond donors (Lipinski definition) is 1. The van der Waals surface area contributed by atoms with Crippen LogP contribution in [-0.4, -0.2) is 72.4 Å². The van der Waals surface area contributed by atoms with Crippen LogP contribution < -0.4 is 5.32 Å². The molecule has 0 saturated carbocycles. The van der Waals surface area contributed by atoms with Crippen LogP contribution in [0.4, 0.5) is 14.5 Å². The second-order valence-electron chi connectivity index (χ2n) is 7.69. The van der Waals surface area contributed by atoms with E-state index in [1.807, 2.05) is 0 Å². The van der Waals surface area contributed by atoms with Crippen molar-refractivity contribution < 1.29 is 18.3 Å². The summed E-state index contributed by atoms with van der Waals surface area (Å²) in [7, 11) is 0. The number of benzene rings is 1. The Kier molecular flexibility index (Phi) is 7.68. The molecule has 1 aromatic carbocycles. The number of rotatable bonds is 7. The third kappa shape index (κ3) is 6.40. The SMILES string of the molecule is CC1CN(CC2CCCN2CC(=O)Nc2ccc(SC(F)F)cc2)CC(C)O1. The van der Waals surface area contributed by atoms with Gasteiger partial charge in [-0.15, -0.1) is 0 Å². The Bertz CT molecular complexity index is 637. The fourth-order valence-corrected chi connectivity index (χ4v) is 4.65. The summed E-state index contributed by atoms with van der Waals surface area (Å²) in [5, 5.41) is 2.88. The number of alkyl halides is 2. The van der Waals surface area contributed by atoms with Gasteiger partial charge in [-0.1, -0.05) is 11.8 Å². The number of likely N-dealkylation sites (tertiary alicyclic amines) is 1. The van der Waals surface area contributed by atoms with E-state index in [0.717, 1.165) is 39.0 Å². The molecule has 1 aromatic rings. The van der Waals surface area contributed by atoms with Gasteiger partial charge in [-0.3, -0.25) is 14.6 Å². The number of carbonyl (C=O) groups is 1. The predicted octanol–water partition coefficient (Wildman–Crippen LogP) is 3.51. The van der Waals surface area contributed by atoms with E-state index in [4.69, 9.17) is 4.74 Å². The number of hydrogen-bond acceptors (Lipinski definition) is 5. The van der Waals surface area contributed by atoms with Crippen molar-refractivity contribution in [3.8, 4) is 0 Å². The molecule has 2 fully saturated rings. The third-order valence-corrected chi connectivity index (χ3v) is 5.90. The highest BCUT2D eigenvalue weighted by molar-refractivity contribution is 7.99. The van der Waals surface area contributed by atoms with Crippen molar-refractivity contribution in [2.75, 3.05) is 38.0 Å². The summed E-state index contributed by atoms with van der Waals surface area (Å²) in [6.45, 7) is 8.32. The number of halogens is 2. The van der Waals surface area contributed by atoms with Crippen LogP contribution in [0.1, 0.15) is 26.7 Å². The minimum Gasteiger partial charge on any atom is -0.373 e. The first-order chi connectivity index (χ1) is 13.4. The minimum atomic E-state index is -2.44. The number of nitrogens with zero attached hydrogens (tertiary/aromatic N) is 2. The van der Waals surface area contributed by atoms with Crippen LogP contribution in [0, 0.1) is 0 Å². The first-order valence-electron chi connectivity index (χ1n) is 9.85. The summed E-state index contributed by atoms with van der Waals surface area (Å²) in [4.78, 5) is 17.6. The molecule has 0 radical (unpaired) electrons. The van der Waals surface area contributed by atoms with Gasteiger partial charge < -0.3 is 10.1 Å². The van der Waals surface area contributed by atoms with E-state index in [1.165, 1.54) is 0 Å². The minimum absolute atomic E-state index is 0.0649. The highest BCUT2D eigenvalue weighted by atomic mass is 32.2. The maximum Gasteiger partial charge on any atom is 0.288 e. The molecular weight excluding hydrogens is 384 g/mol. The number of carbonyl (C=O) groups excluding carboxylic acids is 1. The maximum atomic E-state index is 12.5. The number of anilines is 1. The zero-order valence-electron chi connectivity index (χ0n) is 16.4. The van der Waals surface area contributed by atoms with Gasteiger partial charge in [0.2, 0.25) is 5.91 Å². The molecule has 3 rings (SSSR count). The lowest BCUT2D eigenvalue weighted by molar-refractivity contribution is -0.117. The summed E-state index contributed by atoms with van der Waals surface area (Å²) in [5.74, 6) is -2.50. The van der Waals surface area contributed by atoms with Crippen molar-refractivity contribution in [1.29, 1.82) is 0 Å². The van der Waals surface area contributed by atoms with Gasteiger partial charge in [0.05, 0.1) is 18.8 Å². The average Bonchev–Trinajstić information content (AvgIpc) is 3.02. The molecule has 8 heteroatoms. The molecule has 1 N–H and O–H groups in total. The molecule has 2 aliphatic rings. The van der Waals surface area contributed by atoms with E-state index in [-0.39, 0.29) is 18.1 Å². The Labute approximate surface area is 169 Å². The van der Waals surface area contributed by atoms with E-state index in [0.29, 0.717) is 34.9 Å². The monoisotopic (exact) mass is 413 g/mol. The van der Waals surface area contributed by atoms with Crippen molar-refractivity contribution in [3.05, 3.63) is 24.3 Å². The Hall–Kier alpha value is -1.22. The standard InChI is InChI=1S/C20H29F2N3O2S/c1-14-10-24(11-15(2)27-14)12-17-4-3-9-25(17)13-19(26)23-16-5-7-18(8-6-16)28-20(21)22/h5-8,14-15,17,20H,3-4,9-13H2,1-2H3,(H,23,26). The van der Waals surface area contributed by atoms with Crippen LogP contribution in [0.25, 0.3) is 0 Å². The van der Waals surface area contributed by atoms with Crippen LogP contribution in [0.3, 0.4) is 0 Å². The van der Waals surface area contributed by atoms with Crippen molar-refractivity contribution in [3.63, 3.8) is 0 Å². The van der Waals surface area contributed by atoms with Crippen molar-refractivity contribution in [1.82, 2.24) is 9.80 Å². The van der Waals surface area contributed by atoms with Crippen LogP contribution >= 0.6 is 11.8 Å². The summed E-state index contributed by atoms with van der Waals surface area (Å²) >= 11 is 0.501. The molecule has 0 aromatic heterocycles. The third-order valence-electron chi connectivity index (χ3n) is 5.17. The average molecular weight is 414 g/mol. The Morgan fingerprint density at radius 1 is 1.25 bits per heavy atom. The quantitative estimate of drug-likeness (QED) is 0.693. The van der Waals surface area contributed by atoms with Gasteiger partial charge in [0, 0.05) is 36.3 Å². The summed E-state index contributed by atoms with van der Waals surface area (Å²) in [5.41, 5.74) is 0.634. The van der Waals surface area contributed by atoms with Gasteiger partial charge in [0.1, 0.15) is 0 Å². The highest BCUT2D eigenvalue weighted by Crippen LogP contribution is 2.26. The molecule has 0 bridgehead atoms. The second kappa shape index (κ2) is 10.0. The lowest BCUT2D eigenvalue weighted by atomic mass is 10.1. The maximum absolute atomic E-state index is 12.5. The topological polar surface area (TPSA) is 44.8 Å². The molecule has 5 nitrogen and oxygen atoms in total. The van der Waals surface area contributed by atoms with Gasteiger partial charge in [-0.25, -0.2) is 0 Å². The van der Waals surface area contributed by atoms with Crippen LogP contribution in [0.15, 0.2) is 29.2 Å². The largest absolute Gasteiger partial charge is 0.373 e. The summed E-state index contributed by atoms with van der Waals surface area (Å²) in [6, 6.07) is 6.92. The van der Waals surface area contributed by atoms with Gasteiger partial charge in [-0.2, -0.15) is 8.78 Å². The lowest BCUT2D eigenvalue weighted by Crippen LogP contribution is -2.50. The van der Waals surface area contributed by atoms with Gasteiger partial charge in [0.15, 0.2) is 0 Å². The first-order valence-corrected chi connectivity index (χ1v) is 10.7. The molecule has 2 aliphatic heterocycles. The molecule has 1 amide bonds.